The summed E-state index contributed by atoms with van der Waals surface area (Å²) in [6, 6.07) is 20.1. The highest BCUT2D eigenvalue weighted by molar-refractivity contribution is 5.73. The first kappa shape index (κ1) is 16.8. The maximum atomic E-state index is 12.1. The fourth-order valence-corrected chi connectivity index (χ4v) is 2.72. The molecule has 0 spiro atoms. The number of aromatic nitrogens is 1. The van der Waals surface area contributed by atoms with Crippen LogP contribution < -0.4 is 10.6 Å². The van der Waals surface area contributed by atoms with E-state index in [-0.39, 0.29) is 11.9 Å². The Balaban J connectivity index is 1.63. The van der Waals surface area contributed by atoms with E-state index in [0.717, 1.165) is 5.69 Å². The molecule has 3 rings (SSSR count). The zero-order valence-corrected chi connectivity index (χ0v) is 14.1. The van der Waals surface area contributed by atoms with Crippen LogP contribution in [0.3, 0.4) is 0 Å². The molecule has 5 heteroatoms. The molecule has 3 aromatic rings. The summed E-state index contributed by atoms with van der Waals surface area (Å²) in [6.45, 7) is 2.68. The lowest BCUT2D eigenvalue weighted by molar-refractivity contribution is 0.240. The molecule has 2 aromatic carbocycles. The van der Waals surface area contributed by atoms with E-state index in [9.17, 15) is 4.79 Å². The van der Waals surface area contributed by atoms with E-state index >= 15 is 0 Å². The standard InChI is InChI=1S/C20H21N3O2/c1-15-19(23-14-25-15)13-22-20(24)21-12-18(16-8-4-2-5-9-16)17-10-6-3-7-11-17/h2-11,14,18H,12-13H2,1H3,(H2,21,22,24). The molecule has 0 aliphatic carbocycles. The van der Waals surface area contributed by atoms with Crippen LogP contribution in [0, 0.1) is 6.92 Å². The third kappa shape index (κ3) is 4.47. The van der Waals surface area contributed by atoms with Crippen molar-refractivity contribution in [3.63, 3.8) is 0 Å². The summed E-state index contributed by atoms with van der Waals surface area (Å²) in [5.41, 5.74) is 3.07. The molecule has 0 atom stereocenters. The predicted molar refractivity (Wildman–Crippen MR) is 96.2 cm³/mol. The second kappa shape index (κ2) is 8.15. The zero-order valence-electron chi connectivity index (χ0n) is 14.1. The van der Waals surface area contributed by atoms with Crippen molar-refractivity contribution in [3.8, 4) is 0 Å². The van der Waals surface area contributed by atoms with Gasteiger partial charge in [0.05, 0.1) is 6.54 Å². The third-order valence-electron chi connectivity index (χ3n) is 4.13. The fourth-order valence-electron chi connectivity index (χ4n) is 2.72. The van der Waals surface area contributed by atoms with E-state index in [4.69, 9.17) is 4.42 Å². The van der Waals surface area contributed by atoms with Gasteiger partial charge in [-0.25, -0.2) is 9.78 Å². The smallest absolute Gasteiger partial charge is 0.315 e. The average molecular weight is 335 g/mol. The lowest BCUT2D eigenvalue weighted by Gasteiger charge is -2.19. The van der Waals surface area contributed by atoms with Gasteiger partial charge < -0.3 is 15.1 Å². The fraction of sp³-hybridized carbons (Fsp3) is 0.200. The Labute approximate surface area is 147 Å². The van der Waals surface area contributed by atoms with Gasteiger partial charge in [-0.05, 0) is 18.1 Å². The van der Waals surface area contributed by atoms with Gasteiger partial charge in [0.2, 0.25) is 0 Å². The zero-order chi connectivity index (χ0) is 17.5. The molecule has 0 saturated carbocycles. The van der Waals surface area contributed by atoms with E-state index in [1.807, 2.05) is 43.3 Å². The molecule has 0 aliphatic heterocycles. The molecule has 0 saturated heterocycles. The number of amides is 2. The number of hydrogen-bond donors (Lipinski definition) is 2. The molecule has 0 unspecified atom stereocenters. The molecule has 5 nitrogen and oxygen atoms in total. The predicted octanol–water partition coefficient (Wildman–Crippen LogP) is 3.61. The number of carbonyl (C=O) groups excluding carboxylic acids is 1. The summed E-state index contributed by atoms with van der Waals surface area (Å²) < 4.78 is 5.13. The maximum Gasteiger partial charge on any atom is 0.315 e. The SMILES string of the molecule is Cc1ocnc1CNC(=O)NCC(c1ccccc1)c1ccccc1. The van der Waals surface area contributed by atoms with Crippen molar-refractivity contribution >= 4 is 6.03 Å². The Kier molecular flexibility index (Phi) is 5.46. The van der Waals surface area contributed by atoms with Crippen molar-refractivity contribution in [2.75, 3.05) is 6.54 Å². The second-order valence-corrected chi connectivity index (χ2v) is 5.79. The van der Waals surface area contributed by atoms with Gasteiger partial charge in [0.25, 0.3) is 0 Å². The summed E-state index contributed by atoms with van der Waals surface area (Å²) >= 11 is 0. The van der Waals surface area contributed by atoms with Crippen molar-refractivity contribution in [1.29, 1.82) is 0 Å². The number of rotatable bonds is 6. The number of aryl methyl sites for hydroxylation is 1. The van der Waals surface area contributed by atoms with Crippen molar-refractivity contribution < 1.29 is 9.21 Å². The van der Waals surface area contributed by atoms with Gasteiger partial charge in [-0.1, -0.05) is 60.7 Å². The van der Waals surface area contributed by atoms with Crippen LogP contribution in [0.5, 0.6) is 0 Å². The van der Waals surface area contributed by atoms with Gasteiger partial charge >= 0.3 is 6.03 Å². The van der Waals surface area contributed by atoms with Crippen LogP contribution in [-0.4, -0.2) is 17.6 Å². The summed E-state index contributed by atoms with van der Waals surface area (Å²) in [6.07, 6.45) is 1.38. The van der Waals surface area contributed by atoms with Crippen LogP contribution in [0.1, 0.15) is 28.5 Å². The van der Waals surface area contributed by atoms with E-state index in [1.165, 1.54) is 17.5 Å². The van der Waals surface area contributed by atoms with Crippen molar-refractivity contribution in [1.82, 2.24) is 15.6 Å². The van der Waals surface area contributed by atoms with Gasteiger partial charge in [0.15, 0.2) is 6.39 Å². The maximum absolute atomic E-state index is 12.1. The Morgan fingerprint density at radius 3 is 2.12 bits per heavy atom. The monoisotopic (exact) mass is 335 g/mol. The van der Waals surface area contributed by atoms with Gasteiger partial charge in [0, 0.05) is 12.5 Å². The molecular formula is C20H21N3O2. The quantitative estimate of drug-likeness (QED) is 0.723. The van der Waals surface area contributed by atoms with Crippen LogP contribution in [0.2, 0.25) is 0 Å². The van der Waals surface area contributed by atoms with Crippen LogP contribution in [0.25, 0.3) is 0 Å². The number of urea groups is 1. The molecule has 0 fully saturated rings. The molecule has 25 heavy (non-hydrogen) atoms. The Hall–Kier alpha value is -3.08. The second-order valence-electron chi connectivity index (χ2n) is 5.79. The molecule has 128 valence electrons. The first-order valence-corrected chi connectivity index (χ1v) is 8.24. The Morgan fingerprint density at radius 2 is 1.60 bits per heavy atom. The average Bonchev–Trinajstić information content (AvgIpc) is 3.07. The topological polar surface area (TPSA) is 67.2 Å². The lowest BCUT2D eigenvalue weighted by atomic mass is 9.91. The van der Waals surface area contributed by atoms with E-state index in [1.54, 1.807) is 0 Å². The molecule has 0 aliphatic rings. The number of oxazole rings is 1. The highest BCUT2D eigenvalue weighted by atomic mass is 16.3. The molecular weight excluding hydrogens is 314 g/mol. The number of benzene rings is 2. The molecule has 1 heterocycles. The van der Waals surface area contributed by atoms with Crippen molar-refractivity contribution in [2.24, 2.45) is 0 Å². The van der Waals surface area contributed by atoms with E-state index < -0.39 is 0 Å². The van der Waals surface area contributed by atoms with Gasteiger partial charge in [-0.2, -0.15) is 0 Å². The highest BCUT2D eigenvalue weighted by Crippen LogP contribution is 2.23. The number of hydrogen-bond acceptors (Lipinski definition) is 3. The number of nitrogens with one attached hydrogen (secondary N) is 2. The summed E-state index contributed by atoms with van der Waals surface area (Å²) in [7, 11) is 0. The van der Waals surface area contributed by atoms with E-state index in [2.05, 4.69) is 39.9 Å². The minimum Gasteiger partial charge on any atom is -0.448 e. The first-order valence-electron chi connectivity index (χ1n) is 8.24. The van der Waals surface area contributed by atoms with E-state index in [0.29, 0.717) is 18.8 Å². The molecule has 0 bridgehead atoms. The molecule has 2 amide bonds. The summed E-state index contributed by atoms with van der Waals surface area (Å²) in [5, 5.41) is 5.76. The first-order chi connectivity index (χ1) is 12.2. The molecule has 1 aromatic heterocycles. The third-order valence-corrected chi connectivity index (χ3v) is 4.13. The van der Waals surface area contributed by atoms with Crippen LogP contribution >= 0.6 is 0 Å². The summed E-state index contributed by atoms with van der Waals surface area (Å²) in [5.74, 6) is 0.814. The van der Waals surface area contributed by atoms with Crippen LogP contribution in [0.15, 0.2) is 71.5 Å². The minimum absolute atomic E-state index is 0.0990. The largest absolute Gasteiger partial charge is 0.448 e. The Bertz CT molecular complexity index is 761. The van der Waals surface area contributed by atoms with Gasteiger partial charge in [-0.3, -0.25) is 0 Å². The minimum atomic E-state index is -0.223. The number of nitrogens with zero attached hydrogens (tertiary/aromatic N) is 1. The summed E-state index contributed by atoms with van der Waals surface area (Å²) in [4.78, 5) is 16.2. The van der Waals surface area contributed by atoms with Crippen molar-refractivity contribution in [3.05, 3.63) is 89.6 Å². The molecule has 0 radical (unpaired) electrons. The Morgan fingerprint density at radius 1 is 1.00 bits per heavy atom. The molecule has 2 N–H and O–H groups in total. The van der Waals surface area contributed by atoms with Gasteiger partial charge in [0.1, 0.15) is 11.5 Å². The van der Waals surface area contributed by atoms with Gasteiger partial charge in [-0.15, -0.1) is 0 Å². The van der Waals surface area contributed by atoms with Crippen LogP contribution in [0.4, 0.5) is 4.79 Å². The number of carbonyl (C=O) groups is 1. The highest BCUT2D eigenvalue weighted by Gasteiger charge is 2.15. The van der Waals surface area contributed by atoms with Crippen molar-refractivity contribution in [2.45, 2.75) is 19.4 Å². The normalized spacial score (nSPS) is 10.6. The van der Waals surface area contributed by atoms with Crippen LogP contribution in [-0.2, 0) is 6.54 Å². The lowest BCUT2D eigenvalue weighted by Crippen LogP contribution is -2.37.